The number of hydrogen-bond acceptors (Lipinski definition) is 6. The molecule has 156 valence electrons. The van der Waals surface area contributed by atoms with Crippen LogP contribution < -0.4 is 9.47 Å². The number of hydrogen-bond donors (Lipinski definition) is 0. The van der Waals surface area contributed by atoms with Crippen molar-refractivity contribution in [3.63, 3.8) is 0 Å². The monoisotopic (exact) mass is 408 g/mol. The average molecular weight is 408 g/mol. The molecule has 1 aromatic heterocycles. The highest BCUT2D eigenvalue weighted by atomic mass is 16.5. The molecule has 0 amide bonds. The number of ether oxygens (including phenoxy) is 3. The largest absolute Gasteiger partial charge is 0.497 e. The number of nitrogens with zero attached hydrogens (tertiary/aromatic N) is 2. The Bertz CT molecular complexity index is 1060. The van der Waals surface area contributed by atoms with Gasteiger partial charge in [-0.2, -0.15) is 5.10 Å². The predicted octanol–water partition coefficient (Wildman–Crippen LogP) is 3.61. The van der Waals surface area contributed by atoms with Crippen LogP contribution in [0.3, 0.4) is 0 Å². The Morgan fingerprint density at radius 2 is 1.73 bits per heavy atom. The zero-order valence-electron chi connectivity index (χ0n) is 17.5. The molecule has 2 aromatic carbocycles. The number of aromatic nitrogens is 2. The van der Waals surface area contributed by atoms with Gasteiger partial charge in [0, 0.05) is 6.07 Å². The molecule has 0 fully saturated rings. The Kier molecular flexibility index (Phi) is 6.51. The molecule has 0 bridgehead atoms. The number of rotatable bonds is 8. The Labute approximate surface area is 175 Å². The lowest BCUT2D eigenvalue weighted by atomic mass is 10.1. The van der Waals surface area contributed by atoms with Crippen LogP contribution in [0.5, 0.6) is 11.5 Å². The molecular weight excluding hydrogens is 384 g/mol. The second-order valence-electron chi connectivity index (χ2n) is 6.75. The van der Waals surface area contributed by atoms with E-state index in [1.54, 1.807) is 29.8 Å². The van der Waals surface area contributed by atoms with E-state index in [-0.39, 0.29) is 5.78 Å². The molecule has 0 aliphatic rings. The fourth-order valence-electron chi connectivity index (χ4n) is 3.21. The zero-order chi connectivity index (χ0) is 21.7. The maximum absolute atomic E-state index is 12.7. The third kappa shape index (κ3) is 4.51. The summed E-state index contributed by atoms with van der Waals surface area (Å²) in [6, 6.07) is 14.7. The van der Waals surface area contributed by atoms with Crippen LogP contribution in [-0.2, 0) is 11.3 Å². The summed E-state index contributed by atoms with van der Waals surface area (Å²) in [6.45, 7) is 3.71. The number of methoxy groups -OCH3 is 2. The molecule has 7 heteroatoms. The van der Waals surface area contributed by atoms with E-state index in [4.69, 9.17) is 14.2 Å². The number of esters is 1. The number of carbonyl (C=O) groups excluding carboxylic acids is 2. The minimum Gasteiger partial charge on any atom is -0.497 e. The van der Waals surface area contributed by atoms with Crippen molar-refractivity contribution in [2.24, 2.45) is 0 Å². The molecule has 0 radical (unpaired) electrons. The second-order valence-corrected chi connectivity index (χ2v) is 6.75. The van der Waals surface area contributed by atoms with Crippen molar-refractivity contribution >= 4 is 11.8 Å². The van der Waals surface area contributed by atoms with E-state index in [1.807, 2.05) is 37.3 Å². The van der Waals surface area contributed by atoms with Crippen LogP contribution in [0.1, 0.15) is 37.7 Å². The molecule has 0 atom stereocenters. The average Bonchev–Trinajstić information content (AvgIpc) is 3.04. The quantitative estimate of drug-likeness (QED) is 0.419. The van der Waals surface area contributed by atoms with Crippen molar-refractivity contribution in [3.05, 3.63) is 76.6 Å². The summed E-state index contributed by atoms with van der Waals surface area (Å²) in [5.74, 6) is -0.0177. The lowest BCUT2D eigenvalue weighted by Crippen LogP contribution is -2.16. The molecule has 0 spiro atoms. The summed E-state index contributed by atoms with van der Waals surface area (Å²) >= 11 is 0. The van der Waals surface area contributed by atoms with Crippen LogP contribution in [0.2, 0.25) is 0 Å². The van der Waals surface area contributed by atoms with Gasteiger partial charge in [-0.05, 0) is 31.5 Å². The predicted molar refractivity (Wildman–Crippen MR) is 111 cm³/mol. The number of benzene rings is 2. The van der Waals surface area contributed by atoms with Gasteiger partial charge in [0.1, 0.15) is 17.1 Å². The maximum atomic E-state index is 12.7. The van der Waals surface area contributed by atoms with Crippen LogP contribution in [0, 0.1) is 13.8 Å². The van der Waals surface area contributed by atoms with Gasteiger partial charge in [0.15, 0.2) is 6.61 Å². The van der Waals surface area contributed by atoms with Gasteiger partial charge in [0.2, 0.25) is 5.78 Å². The van der Waals surface area contributed by atoms with Gasteiger partial charge in [-0.3, -0.25) is 9.48 Å². The van der Waals surface area contributed by atoms with Crippen LogP contribution in [0.25, 0.3) is 0 Å². The lowest BCUT2D eigenvalue weighted by molar-refractivity contribution is 0.0472. The van der Waals surface area contributed by atoms with Gasteiger partial charge in [-0.25, -0.2) is 4.79 Å². The van der Waals surface area contributed by atoms with Gasteiger partial charge in [0.25, 0.3) is 0 Å². The van der Waals surface area contributed by atoms with Crippen molar-refractivity contribution in [1.82, 2.24) is 9.78 Å². The fraction of sp³-hybridized carbons (Fsp3) is 0.261. The van der Waals surface area contributed by atoms with Gasteiger partial charge < -0.3 is 14.2 Å². The first-order valence-electron chi connectivity index (χ1n) is 9.45. The summed E-state index contributed by atoms with van der Waals surface area (Å²) in [5, 5.41) is 4.46. The van der Waals surface area contributed by atoms with Crippen molar-refractivity contribution in [1.29, 1.82) is 0 Å². The zero-order valence-corrected chi connectivity index (χ0v) is 17.5. The fourth-order valence-corrected chi connectivity index (χ4v) is 3.21. The normalized spacial score (nSPS) is 10.5. The molecule has 0 saturated carbocycles. The molecular formula is C23H24N2O5. The molecule has 3 rings (SSSR count). The van der Waals surface area contributed by atoms with E-state index in [2.05, 4.69) is 5.10 Å². The van der Waals surface area contributed by atoms with Gasteiger partial charge in [-0.15, -0.1) is 0 Å². The molecule has 7 nitrogen and oxygen atoms in total. The van der Waals surface area contributed by atoms with Crippen LogP contribution in [-0.4, -0.2) is 42.4 Å². The minimum atomic E-state index is -0.579. The molecule has 0 aliphatic heterocycles. The molecule has 0 saturated heterocycles. The van der Waals surface area contributed by atoms with Crippen LogP contribution in [0.4, 0.5) is 0 Å². The highest BCUT2D eigenvalue weighted by Gasteiger charge is 2.22. The summed E-state index contributed by atoms with van der Waals surface area (Å²) in [4.78, 5) is 25.2. The standard InChI is InChI=1S/C23H24N2O5/c1-15-22(16(2)25(24-15)13-17-8-6-5-7-9-17)23(27)30-14-20(26)19-11-10-18(28-3)12-21(19)29-4/h5-12H,13-14H2,1-4H3. The summed E-state index contributed by atoms with van der Waals surface area (Å²) in [7, 11) is 2.99. The summed E-state index contributed by atoms with van der Waals surface area (Å²) in [5.41, 5.74) is 3.02. The SMILES string of the molecule is COc1ccc(C(=O)COC(=O)c2c(C)nn(Cc3ccccc3)c2C)c(OC)c1. The van der Waals surface area contributed by atoms with Crippen molar-refractivity contribution < 1.29 is 23.8 Å². The molecule has 0 aliphatic carbocycles. The molecule has 30 heavy (non-hydrogen) atoms. The topological polar surface area (TPSA) is 79.7 Å². The number of carbonyl (C=O) groups is 2. The Morgan fingerprint density at radius 3 is 2.40 bits per heavy atom. The van der Waals surface area contributed by atoms with Crippen molar-refractivity contribution in [2.45, 2.75) is 20.4 Å². The van der Waals surface area contributed by atoms with E-state index < -0.39 is 12.6 Å². The Morgan fingerprint density at radius 1 is 1.00 bits per heavy atom. The number of aryl methyl sites for hydroxylation is 1. The minimum absolute atomic E-state index is 0.319. The summed E-state index contributed by atoms with van der Waals surface area (Å²) in [6.07, 6.45) is 0. The highest BCUT2D eigenvalue weighted by Crippen LogP contribution is 2.25. The first kappa shape index (κ1) is 21.1. The molecule has 3 aromatic rings. The maximum Gasteiger partial charge on any atom is 0.342 e. The molecule has 0 unspecified atom stereocenters. The smallest absolute Gasteiger partial charge is 0.342 e. The van der Waals surface area contributed by atoms with Gasteiger partial charge in [0.05, 0.1) is 37.7 Å². The highest BCUT2D eigenvalue weighted by molar-refractivity contribution is 6.01. The van der Waals surface area contributed by atoms with Crippen molar-refractivity contribution in [3.8, 4) is 11.5 Å². The number of ketones is 1. The van der Waals surface area contributed by atoms with Gasteiger partial charge in [-0.1, -0.05) is 30.3 Å². The van der Waals surface area contributed by atoms with E-state index in [1.165, 1.54) is 14.2 Å². The molecule has 0 N–H and O–H groups in total. The summed E-state index contributed by atoms with van der Waals surface area (Å²) < 4.78 is 17.4. The van der Waals surface area contributed by atoms with Crippen molar-refractivity contribution in [2.75, 3.05) is 20.8 Å². The number of Topliss-reactive ketones (excluding diaryl/α,β-unsaturated/α-hetero) is 1. The van der Waals surface area contributed by atoms with E-state index in [9.17, 15) is 9.59 Å². The Hall–Kier alpha value is -3.61. The first-order valence-corrected chi connectivity index (χ1v) is 9.45. The van der Waals surface area contributed by atoms with Gasteiger partial charge >= 0.3 is 5.97 Å². The second kappa shape index (κ2) is 9.26. The Balaban J connectivity index is 1.71. The van der Waals surface area contributed by atoms with E-state index >= 15 is 0 Å². The van der Waals surface area contributed by atoms with E-state index in [0.29, 0.717) is 40.6 Å². The third-order valence-corrected chi connectivity index (χ3v) is 4.80. The first-order chi connectivity index (χ1) is 14.4. The van der Waals surface area contributed by atoms with Crippen LogP contribution >= 0.6 is 0 Å². The third-order valence-electron chi connectivity index (χ3n) is 4.80. The lowest BCUT2D eigenvalue weighted by Gasteiger charge is -2.10. The molecule has 1 heterocycles. The van der Waals surface area contributed by atoms with Crippen LogP contribution in [0.15, 0.2) is 48.5 Å². The van der Waals surface area contributed by atoms with E-state index in [0.717, 1.165) is 5.56 Å².